The molecule has 2 aromatic rings. The average Bonchev–Trinajstić information content (AvgIpc) is 3.04. The van der Waals surface area contributed by atoms with Gasteiger partial charge in [-0.1, -0.05) is 25.6 Å². The maximum atomic E-state index is 10.7. The number of thiophene rings is 1. The molecule has 1 N–H and O–H groups in total. The molecule has 0 aliphatic rings. The zero-order valence-electron chi connectivity index (χ0n) is 11.6. The highest BCUT2D eigenvalue weighted by Crippen LogP contribution is 2.29. The minimum absolute atomic E-state index is 0.00736. The van der Waals surface area contributed by atoms with Crippen molar-refractivity contribution in [3.05, 3.63) is 28.2 Å². The van der Waals surface area contributed by atoms with Gasteiger partial charge in [0, 0.05) is 5.92 Å². The van der Waals surface area contributed by atoms with Crippen LogP contribution >= 0.6 is 23.1 Å². The predicted molar refractivity (Wildman–Crippen MR) is 80.6 cm³/mol. The quantitative estimate of drug-likeness (QED) is 0.829. The summed E-state index contributed by atoms with van der Waals surface area (Å²) in [6.45, 7) is 6.21. The predicted octanol–water partition coefficient (Wildman–Crippen LogP) is 3.25. The van der Waals surface area contributed by atoms with Gasteiger partial charge in [-0.05, 0) is 29.3 Å². The molecular weight excluding hydrogens is 294 g/mol. The summed E-state index contributed by atoms with van der Waals surface area (Å²) >= 11 is 2.86. The summed E-state index contributed by atoms with van der Waals surface area (Å²) in [4.78, 5) is 10.7. The van der Waals surface area contributed by atoms with E-state index in [9.17, 15) is 4.79 Å². The van der Waals surface area contributed by atoms with Gasteiger partial charge in [0.15, 0.2) is 5.16 Å². The van der Waals surface area contributed by atoms with E-state index in [2.05, 4.69) is 42.4 Å². The average molecular weight is 311 g/mol. The molecule has 0 spiro atoms. The lowest BCUT2D eigenvalue weighted by Gasteiger charge is -2.18. The largest absolute Gasteiger partial charge is 0.481 e. The maximum absolute atomic E-state index is 10.7. The van der Waals surface area contributed by atoms with Gasteiger partial charge < -0.3 is 5.11 Å². The molecule has 0 aliphatic carbocycles. The van der Waals surface area contributed by atoms with E-state index >= 15 is 0 Å². The van der Waals surface area contributed by atoms with Crippen molar-refractivity contribution in [2.75, 3.05) is 5.75 Å². The zero-order valence-corrected chi connectivity index (χ0v) is 13.2. The Hall–Kier alpha value is -1.34. The van der Waals surface area contributed by atoms with Gasteiger partial charge in [-0.3, -0.25) is 9.36 Å². The molecule has 108 valence electrons. The van der Waals surface area contributed by atoms with Gasteiger partial charge in [-0.15, -0.1) is 10.2 Å². The van der Waals surface area contributed by atoms with Crippen LogP contribution in [0.15, 0.2) is 22.0 Å². The van der Waals surface area contributed by atoms with Crippen molar-refractivity contribution in [3.63, 3.8) is 0 Å². The van der Waals surface area contributed by atoms with Crippen LogP contribution in [-0.4, -0.2) is 31.6 Å². The highest BCUT2D eigenvalue weighted by Gasteiger charge is 2.21. The number of hydrogen-bond donors (Lipinski definition) is 1. The normalized spacial score (nSPS) is 12.8. The number of nitrogens with zero attached hydrogens (tertiary/aromatic N) is 3. The zero-order chi connectivity index (χ0) is 14.7. The third-order valence-electron chi connectivity index (χ3n) is 2.94. The number of carboxylic acid groups (broad SMARTS) is 1. The lowest BCUT2D eigenvalue weighted by molar-refractivity contribution is -0.133. The van der Waals surface area contributed by atoms with Crippen LogP contribution in [0, 0.1) is 0 Å². The number of carboxylic acids is 1. The maximum Gasteiger partial charge on any atom is 0.313 e. The van der Waals surface area contributed by atoms with Crippen LogP contribution in [0.3, 0.4) is 0 Å². The van der Waals surface area contributed by atoms with Gasteiger partial charge in [0.25, 0.3) is 0 Å². The lowest BCUT2D eigenvalue weighted by atomic mass is 10.1. The fraction of sp³-hybridized carbons (Fsp3) is 0.462. The van der Waals surface area contributed by atoms with E-state index in [0.717, 1.165) is 5.82 Å². The van der Waals surface area contributed by atoms with Gasteiger partial charge in [-0.25, -0.2) is 0 Å². The molecule has 1 atom stereocenters. The van der Waals surface area contributed by atoms with Crippen molar-refractivity contribution in [2.24, 2.45) is 0 Å². The minimum atomic E-state index is -0.848. The first-order valence-electron chi connectivity index (χ1n) is 6.32. The van der Waals surface area contributed by atoms with Crippen molar-refractivity contribution in [2.45, 2.75) is 37.9 Å². The van der Waals surface area contributed by atoms with Crippen LogP contribution < -0.4 is 0 Å². The number of aromatic nitrogens is 3. The third-order valence-corrected chi connectivity index (χ3v) is 4.57. The third kappa shape index (κ3) is 3.21. The molecule has 20 heavy (non-hydrogen) atoms. The van der Waals surface area contributed by atoms with Crippen molar-refractivity contribution >= 4 is 29.1 Å². The van der Waals surface area contributed by atoms with Gasteiger partial charge in [0.2, 0.25) is 0 Å². The minimum Gasteiger partial charge on any atom is -0.481 e. The Bertz CT molecular complexity index is 578. The van der Waals surface area contributed by atoms with E-state index in [4.69, 9.17) is 5.11 Å². The molecule has 0 fully saturated rings. The van der Waals surface area contributed by atoms with E-state index < -0.39 is 5.97 Å². The first-order valence-corrected chi connectivity index (χ1v) is 8.25. The molecule has 0 radical (unpaired) electrons. The first kappa shape index (κ1) is 15.1. The molecule has 7 heteroatoms. The molecule has 2 aromatic heterocycles. The standard InChI is InChI=1S/C13H17N3O2S2/c1-8(2)12-14-15-13(20-7-11(17)18)16(12)9(3)10-4-5-19-6-10/h4-6,8-9H,7H2,1-3H3,(H,17,18). The van der Waals surface area contributed by atoms with E-state index in [1.807, 2.05) is 9.95 Å². The molecule has 0 saturated heterocycles. The smallest absolute Gasteiger partial charge is 0.313 e. The number of aliphatic carboxylic acids is 1. The van der Waals surface area contributed by atoms with Crippen LogP contribution in [0.4, 0.5) is 0 Å². The van der Waals surface area contributed by atoms with Crippen molar-refractivity contribution < 1.29 is 9.90 Å². The summed E-state index contributed by atoms with van der Waals surface area (Å²) in [6.07, 6.45) is 0. The van der Waals surface area contributed by atoms with Gasteiger partial charge >= 0.3 is 5.97 Å². The Morgan fingerprint density at radius 1 is 1.45 bits per heavy atom. The monoisotopic (exact) mass is 311 g/mol. The molecule has 2 heterocycles. The van der Waals surface area contributed by atoms with Crippen LogP contribution in [-0.2, 0) is 4.79 Å². The number of rotatable bonds is 6. The Kier molecular flexibility index (Phi) is 4.82. The molecular formula is C13H17N3O2S2. The summed E-state index contributed by atoms with van der Waals surface area (Å²) in [5.74, 6) is 0.269. The Labute approximate surface area is 126 Å². The summed E-state index contributed by atoms with van der Waals surface area (Å²) in [5, 5.41) is 22.0. The fourth-order valence-electron chi connectivity index (χ4n) is 1.93. The summed E-state index contributed by atoms with van der Waals surface area (Å²) in [5.41, 5.74) is 1.19. The van der Waals surface area contributed by atoms with Gasteiger partial charge in [-0.2, -0.15) is 11.3 Å². The van der Waals surface area contributed by atoms with Crippen molar-refractivity contribution in [1.29, 1.82) is 0 Å². The second-order valence-corrected chi connectivity index (χ2v) is 6.50. The highest BCUT2D eigenvalue weighted by molar-refractivity contribution is 7.99. The summed E-state index contributed by atoms with van der Waals surface area (Å²) in [6, 6.07) is 2.18. The van der Waals surface area contributed by atoms with Gasteiger partial charge in [0.1, 0.15) is 5.82 Å². The number of thioether (sulfide) groups is 1. The van der Waals surface area contributed by atoms with Gasteiger partial charge in [0.05, 0.1) is 11.8 Å². The van der Waals surface area contributed by atoms with E-state index in [1.165, 1.54) is 17.3 Å². The Balaban J connectivity index is 2.36. The fourth-order valence-corrected chi connectivity index (χ4v) is 3.42. The summed E-state index contributed by atoms with van der Waals surface area (Å²) < 4.78 is 2.04. The second-order valence-electron chi connectivity index (χ2n) is 4.78. The van der Waals surface area contributed by atoms with Crippen LogP contribution in [0.25, 0.3) is 0 Å². The van der Waals surface area contributed by atoms with Crippen molar-refractivity contribution in [3.8, 4) is 0 Å². The van der Waals surface area contributed by atoms with Crippen molar-refractivity contribution in [1.82, 2.24) is 14.8 Å². The van der Waals surface area contributed by atoms with Crippen LogP contribution in [0.1, 0.15) is 44.1 Å². The first-order chi connectivity index (χ1) is 9.50. The Morgan fingerprint density at radius 3 is 2.75 bits per heavy atom. The molecule has 0 saturated carbocycles. The molecule has 2 rings (SSSR count). The molecule has 0 aromatic carbocycles. The topological polar surface area (TPSA) is 68.0 Å². The number of carbonyl (C=O) groups is 1. The SMILES string of the molecule is CC(C)c1nnc(SCC(=O)O)n1C(C)c1ccsc1. The van der Waals surface area contributed by atoms with E-state index in [0.29, 0.717) is 5.16 Å². The van der Waals surface area contributed by atoms with Crippen LogP contribution in [0.5, 0.6) is 0 Å². The summed E-state index contributed by atoms with van der Waals surface area (Å²) in [7, 11) is 0. The molecule has 0 bridgehead atoms. The molecule has 5 nitrogen and oxygen atoms in total. The molecule has 1 unspecified atom stereocenters. The molecule has 0 amide bonds. The van der Waals surface area contributed by atoms with E-state index in [1.54, 1.807) is 11.3 Å². The van der Waals surface area contributed by atoms with Crippen LogP contribution in [0.2, 0.25) is 0 Å². The van der Waals surface area contributed by atoms with E-state index in [-0.39, 0.29) is 17.7 Å². The second kappa shape index (κ2) is 6.41. The number of hydrogen-bond acceptors (Lipinski definition) is 5. The highest BCUT2D eigenvalue weighted by atomic mass is 32.2. The molecule has 0 aliphatic heterocycles. The lowest BCUT2D eigenvalue weighted by Crippen LogP contribution is -2.13. The Morgan fingerprint density at radius 2 is 2.20 bits per heavy atom.